The van der Waals surface area contributed by atoms with Crippen LogP contribution >= 0.6 is 0 Å². The highest BCUT2D eigenvalue weighted by Gasteiger charge is 2.49. The fourth-order valence-corrected chi connectivity index (χ4v) is 3.96. The first kappa shape index (κ1) is 19.2. The van der Waals surface area contributed by atoms with Gasteiger partial charge >= 0.3 is 12.1 Å². The Morgan fingerprint density at radius 2 is 2.00 bits per heavy atom. The van der Waals surface area contributed by atoms with Gasteiger partial charge in [0, 0.05) is 23.7 Å². The van der Waals surface area contributed by atoms with Gasteiger partial charge in [0.15, 0.2) is 5.82 Å². The number of amides is 4. The molecule has 3 rings (SSSR count). The summed E-state index contributed by atoms with van der Waals surface area (Å²) in [5.74, 6) is 0.179. The van der Waals surface area contributed by atoms with E-state index in [-0.39, 0.29) is 35.3 Å². The zero-order valence-electron chi connectivity index (χ0n) is 16.4. The molecule has 1 aromatic rings. The standard InChI is InChI=1S/C18H27N5O4/c1-17(2,3)23-12(9-13(21-23)19-16(26)27)10-6-7-11(8-10)22-14(24)18(4,5)20-15(22)25/h9-11H,6-8H2,1-5H3,(H,19,21)(H,20,25)(H,26,27). The first-order valence-corrected chi connectivity index (χ1v) is 9.16. The summed E-state index contributed by atoms with van der Waals surface area (Å²) < 4.78 is 1.83. The summed E-state index contributed by atoms with van der Waals surface area (Å²) in [6, 6.07) is 1.25. The van der Waals surface area contributed by atoms with Crippen LogP contribution < -0.4 is 10.6 Å². The van der Waals surface area contributed by atoms with Crippen LogP contribution in [0.1, 0.15) is 65.5 Å². The highest BCUT2D eigenvalue weighted by molar-refractivity contribution is 6.06. The molecule has 2 unspecified atom stereocenters. The van der Waals surface area contributed by atoms with Crippen molar-refractivity contribution in [3.63, 3.8) is 0 Å². The summed E-state index contributed by atoms with van der Waals surface area (Å²) in [4.78, 5) is 37.2. The predicted octanol–water partition coefficient (Wildman–Crippen LogP) is 2.69. The van der Waals surface area contributed by atoms with E-state index in [0.717, 1.165) is 18.5 Å². The average Bonchev–Trinajstić information content (AvgIpc) is 3.16. The van der Waals surface area contributed by atoms with Crippen LogP contribution in [-0.2, 0) is 10.3 Å². The Labute approximate surface area is 158 Å². The van der Waals surface area contributed by atoms with E-state index in [0.29, 0.717) is 6.42 Å². The molecule has 27 heavy (non-hydrogen) atoms. The van der Waals surface area contributed by atoms with Crippen molar-refractivity contribution in [2.75, 3.05) is 5.32 Å². The van der Waals surface area contributed by atoms with Crippen molar-refractivity contribution in [3.8, 4) is 0 Å². The Balaban J connectivity index is 1.85. The fourth-order valence-electron chi connectivity index (χ4n) is 3.96. The Morgan fingerprint density at radius 3 is 2.52 bits per heavy atom. The van der Waals surface area contributed by atoms with Crippen LogP contribution in [0.2, 0.25) is 0 Å². The summed E-state index contributed by atoms with van der Waals surface area (Å²) in [6.45, 7) is 9.41. The van der Waals surface area contributed by atoms with E-state index >= 15 is 0 Å². The minimum Gasteiger partial charge on any atom is -0.465 e. The van der Waals surface area contributed by atoms with Crippen molar-refractivity contribution in [1.29, 1.82) is 0 Å². The number of aromatic nitrogens is 2. The molecule has 3 N–H and O–H groups in total. The first-order valence-electron chi connectivity index (χ1n) is 9.16. The second kappa shape index (κ2) is 6.24. The lowest BCUT2D eigenvalue weighted by atomic mass is 10.0. The molecule has 2 atom stereocenters. The number of nitrogens with one attached hydrogen (secondary N) is 2. The largest absolute Gasteiger partial charge is 0.465 e. The van der Waals surface area contributed by atoms with Crippen LogP contribution in [0, 0.1) is 0 Å². The summed E-state index contributed by atoms with van der Waals surface area (Å²) in [7, 11) is 0. The fraction of sp³-hybridized carbons (Fsp3) is 0.667. The van der Waals surface area contributed by atoms with Crippen LogP contribution in [0.4, 0.5) is 15.4 Å². The molecule has 148 valence electrons. The summed E-state index contributed by atoms with van der Waals surface area (Å²) in [5, 5.41) is 18.4. The second-order valence-corrected chi connectivity index (χ2v) is 8.86. The van der Waals surface area contributed by atoms with Crippen LogP contribution in [0.25, 0.3) is 0 Å². The summed E-state index contributed by atoms with van der Waals surface area (Å²) >= 11 is 0. The highest BCUT2D eigenvalue weighted by Crippen LogP contribution is 2.40. The monoisotopic (exact) mass is 377 g/mol. The van der Waals surface area contributed by atoms with E-state index < -0.39 is 11.6 Å². The van der Waals surface area contributed by atoms with E-state index in [1.807, 2.05) is 25.5 Å². The lowest BCUT2D eigenvalue weighted by molar-refractivity contribution is -0.131. The predicted molar refractivity (Wildman–Crippen MR) is 98.7 cm³/mol. The van der Waals surface area contributed by atoms with Crippen molar-refractivity contribution in [2.45, 2.75) is 76.9 Å². The van der Waals surface area contributed by atoms with Gasteiger partial charge < -0.3 is 10.4 Å². The van der Waals surface area contributed by atoms with E-state index in [2.05, 4.69) is 15.7 Å². The maximum atomic E-state index is 12.6. The van der Waals surface area contributed by atoms with Crippen LogP contribution in [0.3, 0.4) is 0 Å². The van der Waals surface area contributed by atoms with E-state index in [1.54, 1.807) is 19.9 Å². The summed E-state index contributed by atoms with van der Waals surface area (Å²) in [6.07, 6.45) is 1.00. The molecule has 1 saturated heterocycles. The molecule has 1 aromatic heterocycles. The molecule has 4 amide bonds. The number of imide groups is 1. The molecule has 0 spiro atoms. The Bertz CT molecular complexity index is 792. The third kappa shape index (κ3) is 3.50. The molecule has 1 aliphatic heterocycles. The molecular formula is C18H27N5O4. The normalized spacial score (nSPS) is 25.0. The van der Waals surface area contributed by atoms with Gasteiger partial charge in [-0.2, -0.15) is 5.10 Å². The minimum atomic E-state index is -1.16. The molecule has 2 fully saturated rings. The number of anilines is 1. The number of rotatable bonds is 3. The van der Waals surface area contributed by atoms with Gasteiger partial charge in [0.1, 0.15) is 5.54 Å². The van der Waals surface area contributed by atoms with Gasteiger partial charge in [0.05, 0.1) is 5.54 Å². The molecule has 9 heteroatoms. The van der Waals surface area contributed by atoms with E-state index in [4.69, 9.17) is 5.11 Å². The summed E-state index contributed by atoms with van der Waals surface area (Å²) in [5.41, 5.74) is -0.282. The molecule has 0 bridgehead atoms. The van der Waals surface area contributed by atoms with Crippen molar-refractivity contribution < 1.29 is 19.5 Å². The van der Waals surface area contributed by atoms with Gasteiger partial charge in [0.25, 0.3) is 5.91 Å². The lowest BCUT2D eigenvalue weighted by Gasteiger charge is -2.25. The Hall–Kier alpha value is -2.58. The zero-order valence-corrected chi connectivity index (χ0v) is 16.4. The SMILES string of the molecule is CC1(C)NC(=O)N(C2CCC(c3cc(NC(=O)O)nn3C(C)(C)C)C2)C1=O. The molecule has 2 aliphatic rings. The van der Waals surface area contributed by atoms with Crippen molar-refractivity contribution >= 4 is 23.8 Å². The van der Waals surface area contributed by atoms with Crippen molar-refractivity contribution in [1.82, 2.24) is 20.0 Å². The van der Waals surface area contributed by atoms with E-state index in [1.165, 1.54) is 4.90 Å². The third-order valence-corrected chi connectivity index (χ3v) is 5.19. The van der Waals surface area contributed by atoms with E-state index in [9.17, 15) is 14.4 Å². The highest BCUT2D eigenvalue weighted by atomic mass is 16.4. The quantitative estimate of drug-likeness (QED) is 0.700. The minimum absolute atomic E-state index is 0.0929. The number of carbonyl (C=O) groups excluding carboxylic acids is 2. The number of carboxylic acid groups (broad SMARTS) is 1. The smallest absolute Gasteiger partial charge is 0.410 e. The van der Waals surface area contributed by atoms with Crippen molar-refractivity contribution in [3.05, 3.63) is 11.8 Å². The van der Waals surface area contributed by atoms with Gasteiger partial charge in [-0.15, -0.1) is 0 Å². The topological polar surface area (TPSA) is 117 Å². The maximum absolute atomic E-state index is 12.6. The molecule has 2 heterocycles. The Morgan fingerprint density at radius 1 is 1.33 bits per heavy atom. The number of hydrogen-bond acceptors (Lipinski definition) is 4. The molecule has 1 saturated carbocycles. The number of urea groups is 1. The lowest BCUT2D eigenvalue weighted by Crippen LogP contribution is -2.42. The first-order chi connectivity index (χ1) is 12.4. The number of hydrogen-bond donors (Lipinski definition) is 3. The number of carbonyl (C=O) groups is 3. The molecule has 0 aromatic carbocycles. The van der Waals surface area contributed by atoms with Gasteiger partial charge in [-0.05, 0) is 53.9 Å². The van der Waals surface area contributed by atoms with Crippen LogP contribution in [0.15, 0.2) is 6.07 Å². The van der Waals surface area contributed by atoms with Gasteiger partial charge in [-0.3, -0.25) is 19.7 Å². The van der Waals surface area contributed by atoms with Crippen LogP contribution in [-0.4, -0.2) is 49.4 Å². The molecule has 9 nitrogen and oxygen atoms in total. The Kier molecular flexibility index (Phi) is 4.44. The average molecular weight is 377 g/mol. The maximum Gasteiger partial charge on any atom is 0.410 e. The van der Waals surface area contributed by atoms with Gasteiger partial charge in [0.2, 0.25) is 0 Å². The van der Waals surface area contributed by atoms with Gasteiger partial charge in [-0.25, -0.2) is 9.59 Å². The molecule has 1 aliphatic carbocycles. The number of nitrogens with zero attached hydrogens (tertiary/aromatic N) is 3. The van der Waals surface area contributed by atoms with Crippen LogP contribution in [0.5, 0.6) is 0 Å². The second-order valence-electron chi connectivity index (χ2n) is 8.86. The molecule has 0 radical (unpaired) electrons. The third-order valence-electron chi connectivity index (χ3n) is 5.19. The zero-order chi connectivity index (χ0) is 20.1. The molecular weight excluding hydrogens is 350 g/mol. The van der Waals surface area contributed by atoms with Crippen molar-refractivity contribution in [2.24, 2.45) is 0 Å². The van der Waals surface area contributed by atoms with Gasteiger partial charge in [-0.1, -0.05) is 0 Å².